The van der Waals surface area contributed by atoms with Crippen molar-refractivity contribution >= 4 is 5.97 Å². The Kier molecular flexibility index (Phi) is 4.09. The van der Waals surface area contributed by atoms with Gasteiger partial charge in [-0.05, 0) is 31.5 Å². The summed E-state index contributed by atoms with van der Waals surface area (Å²) in [6.45, 7) is 1.27. The van der Waals surface area contributed by atoms with Crippen LogP contribution >= 0.6 is 0 Å². The van der Waals surface area contributed by atoms with Crippen molar-refractivity contribution in [1.82, 2.24) is 5.32 Å². The maximum absolute atomic E-state index is 12.7. The number of carbonyl (C=O) groups excluding carboxylic acids is 1. The molecule has 0 saturated carbocycles. The van der Waals surface area contributed by atoms with Gasteiger partial charge in [-0.25, -0.2) is 0 Å². The lowest BCUT2D eigenvalue weighted by Crippen LogP contribution is -2.36. The Hall–Kier alpha value is -1.56. The molecule has 1 atom stereocenters. The smallest absolute Gasteiger partial charge is 0.419 e. The summed E-state index contributed by atoms with van der Waals surface area (Å²) >= 11 is 0. The first-order valence-electron chi connectivity index (χ1n) is 6.07. The molecule has 0 spiro atoms. The Morgan fingerprint density at radius 2 is 2.05 bits per heavy atom. The molecule has 1 N–H and O–H groups in total. The van der Waals surface area contributed by atoms with Gasteiger partial charge in [-0.3, -0.25) is 4.79 Å². The maximum Gasteiger partial charge on any atom is 0.419 e. The van der Waals surface area contributed by atoms with Crippen LogP contribution in [0.25, 0.3) is 0 Å². The maximum atomic E-state index is 12.7. The zero-order valence-corrected chi connectivity index (χ0v) is 10.2. The number of para-hydroxylation sites is 1. The van der Waals surface area contributed by atoms with Crippen LogP contribution in [0.15, 0.2) is 24.3 Å². The van der Waals surface area contributed by atoms with Gasteiger partial charge in [0, 0.05) is 6.54 Å². The van der Waals surface area contributed by atoms with Crippen molar-refractivity contribution in [2.45, 2.75) is 19.0 Å². The fraction of sp³-hybridized carbons (Fsp3) is 0.462. The number of hydrogen-bond acceptors (Lipinski definition) is 3. The van der Waals surface area contributed by atoms with E-state index in [0.717, 1.165) is 25.1 Å². The first kappa shape index (κ1) is 13.9. The fourth-order valence-corrected chi connectivity index (χ4v) is 2.03. The lowest BCUT2D eigenvalue weighted by Gasteiger charge is -2.21. The number of alkyl halides is 3. The van der Waals surface area contributed by atoms with Crippen molar-refractivity contribution < 1.29 is 22.7 Å². The second kappa shape index (κ2) is 5.61. The molecular formula is C13H14F3NO2. The van der Waals surface area contributed by atoms with E-state index in [0.29, 0.717) is 13.0 Å². The van der Waals surface area contributed by atoms with Gasteiger partial charge in [-0.1, -0.05) is 12.1 Å². The van der Waals surface area contributed by atoms with Crippen molar-refractivity contribution in [3.8, 4) is 5.75 Å². The van der Waals surface area contributed by atoms with E-state index in [1.165, 1.54) is 12.1 Å². The minimum absolute atomic E-state index is 0.380. The average Bonchev–Trinajstić information content (AvgIpc) is 2.39. The van der Waals surface area contributed by atoms with Gasteiger partial charge in [0.2, 0.25) is 0 Å². The second-order valence-electron chi connectivity index (χ2n) is 4.46. The van der Waals surface area contributed by atoms with Gasteiger partial charge < -0.3 is 10.1 Å². The number of hydrogen-bond donors (Lipinski definition) is 1. The van der Waals surface area contributed by atoms with E-state index < -0.39 is 23.5 Å². The number of halogens is 3. The highest BCUT2D eigenvalue weighted by Gasteiger charge is 2.35. The number of benzene rings is 1. The van der Waals surface area contributed by atoms with E-state index in [1.807, 2.05) is 0 Å². The molecule has 0 aromatic heterocycles. The molecule has 1 aliphatic rings. The average molecular weight is 273 g/mol. The van der Waals surface area contributed by atoms with Crippen LogP contribution in [0.1, 0.15) is 18.4 Å². The van der Waals surface area contributed by atoms with Crippen LogP contribution in [-0.4, -0.2) is 19.1 Å². The number of nitrogens with one attached hydrogen (secondary N) is 1. The van der Waals surface area contributed by atoms with Gasteiger partial charge in [0.1, 0.15) is 5.75 Å². The summed E-state index contributed by atoms with van der Waals surface area (Å²) in [5, 5.41) is 3.02. The predicted molar refractivity (Wildman–Crippen MR) is 62.7 cm³/mol. The highest BCUT2D eigenvalue weighted by atomic mass is 19.4. The lowest BCUT2D eigenvalue weighted by molar-refractivity contribution is -0.144. The number of ether oxygens (including phenoxy) is 1. The zero-order chi connectivity index (χ0) is 13.9. The van der Waals surface area contributed by atoms with Crippen LogP contribution in [0.5, 0.6) is 5.75 Å². The quantitative estimate of drug-likeness (QED) is 0.665. The largest absolute Gasteiger partial charge is 0.426 e. The third-order valence-electron chi connectivity index (χ3n) is 3.03. The minimum Gasteiger partial charge on any atom is -0.426 e. The summed E-state index contributed by atoms with van der Waals surface area (Å²) in [7, 11) is 0. The SMILES string of the molecule is O=C(Oc1ccccc1C(F)(F)F)C1CCCNC1. The lowest BCUT2D eigenvalue weighted by atomic mass is 10.00. The summed E-state index contributed by atoms with van der Waals surface area (Å²) in [5.74, 6) is -1.41. The minimum atomic E-state index is -4.53. The molecule has 0 aliphatic carbocycles. The van der Waals surface area contributed by atoms with Crippen molar-refractivity contribution in [3.63, 3.8) is 0 Å². The molecule has 0 bridgehead atoms. The monoisotopic (exact) mass is 273 g/mol. The highest BCUT2D eigenvalue weighted by molar-refractivity contribution is 5.76. The molecule has 2 rings (SSSR count). The normalized spacial score (nSPS) is 20.1. The van der Waals surface area contributed by atoms with Gasteiger partial charge in [0.15, 0.2) is 0 Å². The van der Waals surface area contributed by atoms with Crippen molar-refractivity contribution in [1.29, 1.82) is 0 Å². The molecule has 1 fully saturated rings. The standard InChI is InChI=1S/C13H14F3NO2/c14-13(15,16)10-5-1-2-6-11(10)19-12(18)9-4-3-7-17-8-9/h1-2,5-6,9,17H,3-4,7-8H2. The Morgan fingerprint density at radius 1 is 1.32 bits per heavy atom. The summed E-state index contributed by atoms with van der Waals surface area (Å²) in [6.07, 6.45) is -3.07. The molecule has 104 valence electrons. The summed E-state index contributed by atoms with van der Waals surface area (Å²) in [6, 6.07) is 4.75. The predicted octanol–water partition coefficient (Wildman–Crippen LogP) is 2.61. The number of piperidine rings is 1. The third kappa shape index (κ3) is 3.47. The van der Waals surface area contributed by atoms with Crippen LogP contribution in [-0.2, 0) is 11.0 Å². The molecule has 1 saturated heterocycles. The Labute approximate surface area is 108 Å². The van der Waals surface area contributed by atoms with E-state index >= 15 is 0 Å². The van der Waals surface area contributed by atoms with Crippen LogP contribution in [0.4, 0.5) is 13.2 Å². The molecule has 0 amide bonds. The van der Waals surface area contributed by atoms with Gasteiger partial charge >= 0.3 is 12.1 Å². The molecule has 1 aliphatic heterocycles. The summed E-state index contributed by atoms with van der Waals surface area (Å²) < 4.78 is 43.1. The molecule has 0 radical (unpaired) electrons. The molecule has 1 aromatic rings. The van der Waals surface area contributed by atoms with Crippen LogP contribution in [0.3, 0.4) is 0 Å². The van der Waals surface area contributed by atoms with E-state index in [9.17, 15) is 18.0 Å². The first-order valence-corrected chi connectivity index (χ1v) is 6.07. The first-order chi connectivity index (χ1) is 8.98. The van der Waals surface area contributed by atoms with E-state index in [-0.39, 0.29) is 5.92 Å². The van der Waals surface area contributed by atoms with Gasteiger partial charge in [-0.15, -0.1) is 0 Å². The topological polar surface area (TPSA) is 38.3 Å². The van der Waals surface area contributed by atoms with Gasteiger partial charge in [0.25, 0.3) is 0 Å². The number of esters is 1. The van der Waals surface area contributed by atoms with Crippen LogP contribution in [0, 0.1) is 5.92 Å². The van der Waals surface area contributed by atoms with Gasteiger partial charge in [-0.2, -0.15) is 13.2 Å². The molecule has 3 nitrogen and oxygen atoms in total. The molecule has 6 heteroatoms. The van der Waals surface area contributed by atoms with E-state index in [4.69, 9.17) is 4.74 Å². The second-order valence-corrected chi connectivity index (χ2v) is 4.46. The molecule has 1 unspecified atom stereocenters. The van der Waals surface area contributed by atoms with Gasteiger partial charge in [0.05, 0.1) is 11.5 Å². The Morgan fingerprint density at radius 3 is 2.68 bits per heavy atom. The van der Waals surface area contributed by atoms with E-state index in [2.05, 4.69) is 5.32 Å². The Bertz CT molecular complexity index is 453. The number of rotatable bonds is 2. The molecule has 19 heavy (non-hydrogen) atoms. The van der Waals surface area contributed by atoms with Crippen molar-refractivity contribution in [2.24, 2.45) is 5.92 Å². The summed E-state index contributed by atoms with van der Waals surface area (Å²) in [4.78, 5) is 11.8. The van der Waals surface area contributed by atoms with Crippen molar-refractivity contribution in [3.05, 3.63) is 29.8 Å². The third-order valence-corrected chi connectivity index (χ3v) is 3.03. The Balaban J connectivity index is 2.12. The van der Waals surface area contributed by atoms with Crippen LogP contribution < -0.4 is 10.1 Å². The molecule has 1 heterocycles. The molecular weight excluding hydrogens is 259 g/mol. The van der Waals surface area contributed by atoms with Crippen LogP contribution in [0.2, 0.25) is 0 Å². The molecule has 1 aromatic carbocycles. The highest BCUT2D eigenvalue weighted by Crippen LogP contribution is 2.36. The number of carbonyl (C=O) groups is 1. The fourth-order valence-electron chi connectivity index (χ4n) is 2.03. The van der Waals surface area contributed by atoms with Crippen molar-refractivity contribution in [2.75, 3.05) is 13.1 Å². The zero-order valence-electron chi connectivity index (χ0n) is 10.2. The summed E-state index contributed by atoms with van der Waals surface area (Å²) in [5.41, 5.74) is -0.924. The van der Waals surface area contributed by atoms with E-state index in [1.54, 1.807) is 0 Å².